The van der Waals surface area contributed by atoms with Crippen LogP contribution in [0, 0.1) is 5.92 Å². The second-order valence-corrected chi connectivity index (χ2v) is 5.56. The molecule has 1 amide bonds. The predicted molar refractivity (Wildman–Crippen MR) is 70.8 cm³/mol. The highest BCUT2D eigenvalue weighted by molar-refractivity contribution is 6.21. The van der Waals surface area contributed by atoms with Crippen LogP contribution in [0.3, 0.4) is 0 Å². The Labute approximate surface area is 120 Å². The summed E-state index contributed by atoms with van der Waals surface area (Å²) in [7, 11) is 0. The number of benzene rings is 1. The zero-order valence-electron chi connectivity index (χ0n) is 10.7. The minimum Gasteiger partial charge on any atom is -0.352 e. The van der Waals surface area contributed by atoms with Crippen molar-refractivity contribution < 1.29 is 18.0 Å². The van der Waals surface area contributed by atoms with E-state index in [1.165, 1.54) is 12.1 Å². The van der Waals surface area contributed by atoms with Gasteiger partial charge in [0.2, 0.25) is 0 Å². The van der Waals surface area contributed by atoms with Crippen LogP contribution in [0.4, 0.5) is 13.2 Å². The SMILES string of the molecule is O=C(NCC1CCCC1Cl)c1cccc(C(F)(F)F)c1. The average Bonchev–Trinajstić information content (AvgIpc) is 2.81. The van der Waals surface area contributed by atoms with Crippen LogP contribution in [0.1, 0.15) is 35.2 Å². The van der Waals surface area contributed by atoms with E-state index in [4.69, 9.17) is 11.6 Å². The van der Waals surface area contributed by atoms with Crippen LogP contribution < -0.4 is 5.32 Å². The quantitative estimate of drug-likeness (QED) is 0.845. The first-order valence-corrected chi connectivity index (χ1v) is 6.91. The van der Waals surface area contributed by atoms with Crippen LogP contribution in [0.2, 0.25) is 0 Å². The van der Waals surface area contributed by atoms with E-state index < -0.39 is 17.6 Å². The summed E-state index contributed by atoms with van der Waals surface area (Å²) < 4.78 is 37.7. The highest BCUT2D eigenvalue weighted by Crippen LogP contribution is 2.30. The molecule has 0 radical (unpaired) electrons. The zero-order chi connectivity index (χ0) is 14.8. The molecule has 0 spiro atoms. The summed E-state index contributed by atoms with van der Waals surface area (Å²) in [6.07, 6.45) is -1.55. The molecule has 2 atom stereocenters. The van der Waals surface area contributed by atoms with Crippen molar-refractivity contribution in [2.24, 2.45) is 5.92 Å². The van der Waals surface area contributed by atoms with E-state index in [0.717, 1.165) is 31.4 Å². The van der Waals surface area contributed by atoms with Crippen LogP contribution in [-0.4, -0.2) is 17.8 Å². The second kappa shape index (κ2) is 6.04. The third-order valence-electron chi connectivity index (χ3n) is 3.54. The summed E-state index contributed by atoms with van der Waals surface area (Å²) >= 11 is 6.09. The summed E-state index contributed by atoms with van der Waals surface area (Å²) in [6.45, 7) is 0.406. The van der Waals surface area contributed by atoms with E-state index in [2.05, 4.69) is 5.32 Å². The topological polar surface area (TPSA) is 29.1 Å². The standard InChI is InChI=1S/C14H15ClF3NO/c15-12-6-2-4-10(12)8-19-13(20)9-3-1-5-11(7-9)14(16,17)18/h1,3,5,7,10,12H,2,4,6,8H2,(H,19,20). The molecule has 1 N–H and O–H groups in total. The molecular formula is C14H15ClF3NO. The molecule has 2 unspecified atom stereocenters. The molecular weight excluding hydrogens is 291 g/mol. The Kier molecular flexibility index (Phi) is 4.58. The Bertz CT molecular complexity index is 490. The largest absolute Gasteiger partial charge is 0.416 e. The summed E-state index contributed by atoms with van der Waals surface area (Å²) in [4.78, 5) is 11.9. The van der Waals surface area contributed by atoms with Gasteiger partial charge in [0, 0.05) is 17.5 Å². The maximum atomic E-state index is 12.6. The first-order valence-electron chi connectivity index (χ1n) is 6.47. The lowest BCUT2D eigenvalue weighted by Gasteiger charge is -2.15. The molecule has 1 aliphatic carbocycles. The van der Waals surface area contributed by atoms with Crippen molar-refractivity contribution in [1.29, 1.82) is 0 Å². The number of carbonyl (C=O) groups is 1. The van der Waals surface area contributed by atoms with Gasteiger partial charge in [-0.15, -0.1) is 11.6 Å². The lowest BCUT2D eigenvalue weighted by Crippen LogP contribution is -2.31. The van der Waals surface area contributed by atoms with E-state index in [-0.39, 0.29) is 16.9 Å². The third kappa shape index (κ3) is 3.66. The maximum Gasteiger partial charge on any atom is 0.416 e. The van der Waals surface area contributed by atoms with Crippen molar-refractivity contribution in [1.82, 2.24) is 5.32 Å². The van der Waals surface area contributed by atoms with Gasteiger partial charge in [0.15, 0.2) is 0 Å². The normalized spacial score (nSPS) is 22.8. The van der Waals surface area contributed by atoms with Crippen molar-refractivity contribution in [3.63, 3.8) is 0 Å². The van der Waals surface area contributed by atoms with Crippen LogP contribution in [0.5, 0.6) is 0 Å². The molecule has 0 heterocycles. The van der Waals surface area contributed by atoms with Crippen molar-refractivity contribution >= 4 is 17.5 Å². The fraction of sp³-hybridized carbons (Fsp3) is 0.500. The fourth-order valence-corrected chi connectivity index (χ4v) is 2.75. The monoisotopic (exact) mass is 305 g/mol. The van der Waals surface area contributed by atoms with Crippen LogP contribution >= 0.6 is 11.6 Å². The summed E-state index contributed by atoms with van der Waals surface area (Å²) in [5, 5.41) is 2.70. The van der Waals surface area contributed by atoms with Gasteiger partial charge in [0.05, 0.1) is 5.56 Å². The Balaban J connectivity index is 1.99. The summed E-state index contributed by atoms with van der Waals surface area (Å²) in [5.41, 5.74) is -0.801. The van der Waals surface area contributed by atoms with Gasteiger partial charge >= 0.3 is 6.18 Å². The molecule has 2 nitrogen and oxygen atoms in total. The number of hydrogen-bond acceptors (Lipinski definition) is 1. The van der Waals surface area contributed by atoms with E-state index in [1.54, 1.807) is 0 Å². The lowest BCUT2D eigenvalue weighted by atomic mass is 10.1. The molecule has 2 rings (SSSR count). The van der Waals surface area contributed by atoms with E-state index in [0.29, 0.717) is 6.54 Å². The molecule has 1 saturated carbocycles. The highest BCUT2D eigenvalue weighted by atomic mass is 35.5. The number of amides is 1. The van der Waals surface area contributed by atoms with Crippen molar-refractivity contribution in [3.8, 4) is 0 Å². The number of nitrogens with one attached hydrogen (secondary N) is 1. The predicted octanol–water partition coefficient (Wildman–Crippen LogP) is 3.84. The molecule has 0 aromatic heterocycles. The first-order chi connectivity index (χ1) is 9.38. The maximum absolute atomic E-state index is 12.6. The molecule has 0 aliphatic heterocycles. The van der Waals surface area contributed by atoms with Gasteiger partial charge in [-0.25, -0.2) is 0 Å². The smallest absolute Gasteiger partial charge is 0.352 e. The number of alkyl halides is 4. The summed E-state index contributed by atoms with van der Waals surface area (Å²) in [6, 6.07) is 4.42. The van der Waals surface area contributed by atoms with Gasteiger partial charge < -0.3 is 5.32 Å². The van der Waals surface area contributed by atoms with Crippen molar-refractivity contribution in [3.05, 3.63) is 35.4 Å². The van der Waals surface area contributed by atoms with Gasteiger partial charge in [0.25, 0.3) is 5.91 Å². The Morgan fingerprint density at radius 1 is 1.35 bits per heavy atom. The fourth-order valence-electron chi connectivity index (χ4n) is 2.38. The molecule has 1 fully saturated rings. The Morgan fingerprint density at radius 3 is 2.70 bits per heavy atom. The number of rotatable bonds is 3. The first kappa shape index (κ1) is 15.2. The van der Waals surface area contributed by atoms with Crippen molar-refractivity contribution in [2.45, 2.75) is 30.8 Å². The van der Waals surface area contributed by atoms with Crippen molar-refractivity contribution in [2.75, 3.05) is 6.54 Å². The van der Waals surface area contributed by atoms with Gasteiger partial charge in [-0.2, -0.15) is 13.2 Å². The minimum atomic E-state index is -4.44. The average molecular weight is 306 g/mol. The molecule has 6 heteroatoms. The van der Waals surface area contributed by atoms with Gasteiger partial charge in [-0.3, -0.25) is 4.79 Å². The number of halogens is 4. The lowest BCUT2D eigenvalue weighted by molar-refractivity contribution is -0.137. The third-order valence-corrected chi connectivity index (χ3v) is 4.12. The van der Waals surface area contributed by atoms with Crippen LogP contribution in [-0.2, 0) is 6.18 Å². The van der Waals surface area contributed by atoms with E-state index in [1.807, 2.05) is 0 Å². The second-order valence-electron chi connectivity index (χ2n) is 5.00. The molecule has 20 heavy (non-hydrogen) atoms. The summed E-state index contributed by atoms with van der Waals surface area (Å²) in [5.74, 6) is -0.293. The molecule has 0 bridgehead atoms. The van der Waals surface area contributed by atoms with Crippen LogP contribution in [0.15, 0.2) is 24.3 Å². The number of hydrogen-bond donors (Lipinski definition) is 1. The Morgan fingerprint density at radius 2 is 2.10 bits per heavy atom. The minimum absolute atomic E-state index is 0.0175. The van der Waals surface area contributed by atoms with Gasteiger partial charge in [0.1, 0.15) is 0 Å². The van der Waals surface area contributed by atoms with Gasteiger partial charge in [-0.1, -0.05) is 12.5 Å². The molecule has 1 aromatic rings. The Hall–Kier alpha value is -1.23. The van der Waals surface area contributed by atoms with E-state index >= 15 is 0 Å². The molecule has 110 valence electrons. The molecule has 0 saturated heterocycles. The van der Waals surface area contributed by atoms with Crippen LogP contribution in [0.25, 0.3) is 0 Å². The highest BCUT2D eigenvalue weighted by Gasteiger charge is 2.31. The molecule has 1 aromatic carbocycles. The van der Waals surface area contributed by atoms with Gasteiger partial charge in [-0.05, 0) is 37.0 Å². The number of carbonyl (C=O) groups excluding carboxylic acids is 1. The zero-order valence-corrected chi connectivity index (χ0v) is 11.5. The van der Waals surface area contributed by atoms with E-state index in [9.17, 15) is 18.0 Å². The molecule has 1 aliphatic rings.